The van der Waals surface area contributed by atoms with Gasteiger partial charge < -0.3 is 5.73 Å². The highest BCUT2D eigenvalue weighted by atomic mass is 32.2. The van der Waals surface area contributed by atoms with Gasteiger partial charge in [-0.15, -0.1) is 0 Å². The second-order valence-electron chi connectivity index (χ2n) is 4.77. The van der Waals surface area contributed by atoms with E-state index in [-0.39, 0.29) is 10.9 Å². The lowest BCUT2D eigenvalue weighted by Gasteiger charge is -2.34. The van der Waals surface area contributed by atoms with Gasteiger partial charge in [-0.3, -0.25) is 0 Å². The zero-order valence-electron chi connectivity index (χ0n) is 10.8. The Kier molecular flexibility index (Phi) is 4.54. The zero-order valence-corrected chi connectivity index (χ0v) is 11.6. The average Bonchev–Trinajstić information content (AvgIpc) is 2.40. The van der Waals surface area contributed by atoms with E-state index >= 15 is 0 Å². The van der Waals surface area contributed by atoms with Gasteiger partial charge in [-0.2, -0.15) is 4.31 Å². The quantitative estimate of drug-likeness (QED) is 0.916. The molecule has 106 valence electrons. The van der Waals surface area contributed by atoms with E-state index in [0.717, 1.165) is 19.3 Å². The first-order valence-electron chi connectivity index (χ1n) is 6.54. The minimum Gasteiger partial charge on any atom is -0.330 e. The van der Waals surface area contributed by atoms with Crippen molar-refractivity contribution in [2.45, 2.75) is 36.6 Å². The highest BCUT2D eigenvalue weighted by Crippen LogP contribution is 2.27. The first kappa shape index (κ1) is 14.4. The van der Waals surface area contributed by atoms with Crippen molar-refractivity contribution in [3.05, 3.63) is 30.1 Å². The van der Waals surface area contributed by atoms with Crippen LogP contribution in [0.5, 0.6) is 0 Å². The molecule has 4 nitrogen and oxygen atoms in total. The number of benzene rings is 1. The third kappa shape index (κ3) is 2.96. The van der Waals surface area contributed by atoms with Crippen molar-refractivity contribution in [1.82, 2.24) is 4.31 Å². The smallest absolute Gasteiger partial charge is 0.246 e. The Labute approximate surface area is 113 Å². The maximum Gasteiger partial charge on any atom is 0.246 e. The van der Waals surface area contributed by atoms with Crippen LogP contribution in [-0.4, -0.2) is 31.9 Å². The summed E-state index contributed by atoms with van der Waals surface area (Å²) in [7, 11) is -3.76. The molecule has 1 fully saturated rings. The number of nitrogens with two attached hydrogens (primary N) is 1. The molecule has 1 aromatic rings. The largest absolute Gasteiger partial charge is 0.330 e. The normalized spacial score (nSPS) is 21.5. The Morgan fingerprint density at radius 3 is 2.74 bits per heavy atom. The van der Waals surface area contributed by atoms with Crippen molar-refractivity contribution in [3.63, 3.8) is 0 Å². The summed E-state index contributed by atoms with van der Waals surface area (Å²) in [5, 5.41) is 0. The Bertz CT molecular complexity index is 531. The minimum absolute atomic E-state index is 0.108. The molecule has 6 heteroatoms. The summed E-state index contributed by atoms with van der Waals surface area (Å²) in [5.41, 5.74) is 5.54. The molecule has 1 saturated heterocycles. The summed E-state index contributed by atoms with van der Waals surface area (Å²) in [6, 6.07) is 5.41. The lowest BCUT2D eigenvalue weighted by Crippen LogP contribution is -2.44. The van der Waals surface area contributed by atoms with Gasteiger partial charge >= 0.3 is 0 Å². The predicted octanol–water partition coefficient (Wildman–Crippen LogP) is 1.72. The van der Waals surface area contributed by atoms with Gasteiger partial charge in [-0.05, 0) is 37.9 Å². The standard InChI is InChI=1S/C13H19FN2O2S/c14-12-6-1-2-7-13(12)19(17,18)16-10-4-3-5-11(16)8-9-15/h1-2,6-7,11H,3-5,8-10,15H2. The number of hydrogen-bond donors (Lipinski definition) is 1. The summed E-state index contributed by atoms with van der Waals surface area (Å²) in [4.78, 5) is -0.237. The highest BCUT2D eigenvalue weighted by Gasteiger charge is 2.34. The van der Waals surface area contributed by atoms with Crippen LogP contribution >= 0.6 is 0 Å². The molecule has 0 spiro atoms. The first-order valence-corrected chi connectivity index (χ1v) is 7.98. The molecule has 1 aliphatic rings. The van der Waals surface area contributed by atoms with Gasteiger partial charge in [-0.1, -0.05) is 18.6 Å². The third-order valence-corrected chi connectivity index (χ3v) is 5.48. The van der Waals surface area contributed by atoms with Crippen LogP contribution in [0.1, 0.15) is 25.7 Å². The van der Waals surface area contributed by atoms with Gasteiger partial charge in [0.05, 0.1) is 0 Å². The fourth-order valence-corrected chi connectivity index (χ4v) is 4.34. The third-order valence-electron chi connectivity index (χ3n) is 3.50. The molecule has 0 aromatic heterocycles. The van der Waals surface area contributed by atoms with Crippen molar-refractivity contribution in [2.24, 2.45) is 5.73 Å². The van der Waals surface area contributed by atoms with Gasteiger partial charge in [0.1, 0.15) is 10.7 Å². The van der Waals surface area contributed by atoms with E-state index in [1.165, 1.54) is 28.6 Å². The molecule has 1 aromatic carbocycles. The van der Waals surface area contributed by atoms with Crippen LogP contribution in [0.3, 0.4) is 0 Å². The van der Waals surface area contributed by atoms with E-state index < -0.39 is 15.8 Å². The van der Waals surface area contributed by atoms with Crippen LogP contribution in [0.2, 0.25) is 0 Å². The number of piperidine rings is 1. The maximum absolute atomic E-state index is 13.7. The van der Waals surface area contributed by atoms with Crippen molar-refractivity contribution in [3.8, 4) is 0 Å². The second-order valence-corrected chi connectivity index (χ2v) is 6.63. The Morgan fingerprint density at radius 2 is 2.05 bits per heavy atom. The van der Waals surface area contributed by atoms with Crippen molar-refractivity contribution < 1.29 is 12.8 Å². The van der Waals surface area contributed by atoms with Crippen LogP contribution in [0.4, 0.5) is 4.39 Å². The van der Waals surface area contributed by atoms with E-state index in [1.807, 2.05) is 0 Å². The fourth-order valence-electron chi connectivity index (χ4n) is 2.55. The van der Waals surface area contributed by atoms with Crippen molar-refractivity contribution in [1.29, 1.82) is 0 Å². The monoisotopic (exact) mass is 286 g/mol. The fraction of sp³-hybridized carbons (Fsp3) is 0.538. The van der Waals surface area contributed by atoms with Crippen LogP contribution in [-0.2, 0) is 10.0 Å². The molecule has 0 amide bonds. The molecule has 2 rings (SSSR count). The van der Waals surface area contributed by atoms with Crippen molar-refractivity contribution >= 4 is 10.0 Å². The highest BCUT2D eigenvalue weighted by molar-refractivity contribution is 7.89. The molecule has 2 N–H and O–H groups in total. The molecule has 1 unspecified atom stereocenters. The lowest BCUT2D eigenvalue weighted by molar-refractivity contribution is 0.242. The lowest BCUT2D eigenvalue weighted by atomic mass is 10.0. The van der Waals surface area contributed by atoms with Crippen LogP contribution in [0.15, 0.2) is 29.2 Å². The summed E-state index contributed by atoms with van der Waals surface area (Å²) < 4.78 is 40.2. The molecule has 1 heterocycles. The van der Waals surface area contributed by atoms with Gasteiger partial charge in [-0.25, -0.2) is 12.8 Å². The van der Waals surface area contributed by atoms with Gasteiger partial charge in [0.15, 0.2) is 0 Å². The Morgan fingerprint density at radius 1 is 1.32 bits per heavy atom. The number of sulfonamides is 1. The minimum atomic E-state index is -3.76. The molecule has 0 aliphatic carbocycles. The molecular formula is C13H19FN2O2S. The molecule has 1 atom stereocenters. The molecule has 1 aliphatic heterocycles. The molecule has 0 bridgehead atoms. The SMILES string of the molecule is NCCC1CCCCN1S(=O)(=O)c1ccccc1F. The summed E-state index contributed by atoms with van der Waals surface area (Å²) in [6.45, 7) is 0.884. The molecule has 0 saturated carbocycles. The van der Waals surface area contributed by atoms with Crippen molar-refractivity contribution in [2.75, 3.05) is 13.1 Å². The van der Waals surface area contributed by atoms with Gasteiger partial charge in [0.2, 0.25) is 10.0 Å². The van der Waals surface area contributed by atoms with E-state index in [4.69, 9.17) is 5.73 Å². The second kappa shape index (κ2) is 5.98. The molecule has 19 heavy (non-hydrogen) atoms. The number of nitrogens with zero attached hydrogens (tertiary/aromatic N) is 1. The summed E-state index contributed by atoms with van der Waals surface area (Å²) >= 11 is 0. The number of rotatable bonds is 4. The molecular weight excluding hydrogens is 267 g/mol. The van der Waals surface area contributed by atoms with E-state index in [0.29, 0.717) is 19.5 Å². The van der Waals surface area contributed by atoms with Gasteiger partial charge in [0, 0.05) is 12.6 Å². The number of hydrogen-bond acceptors (Lipinski definition) is 3. The Hall–Kier alpha value is -0.980. The maximum atomic E-state index is 13.7. The van der Waals surface area contributed by atoms with E-state index in [1.54, 1.807) is 0 Å². The van der Waals surface area contributed by atoms with Gasteiger partial charge in [0.25, 0.3) is 0 Å². The predicted molar refractivity (Wildman–Crippen MR) is 71.6 cm³/mol. The average molecular weight is 286 g/mol. The van der Waals surface area contributed by atoms with Crippen LogP contribution in [0, 0.1) is 5.82 Å². The molecule has 0 radical (unpaired) electrons. The van der Waals surface area contributed by atoms with E-state index in [9.17, 15) is 12.8 Å². The van der Waals surface area contributed by atoms with Crippen LogP contribution in [0.25, 0.3) is 0 Å². The summed E-state index contributed by atoms with van der Waals surface area (Å²) in [5.74, 6) is -0.695. The van der Waals surface area contributed by atoms with Crippen LogP contribution < -0.4 is 5.73 Å². The first-order chi connectivity index (χ1) is 9.07. The topological polar surface area (TPSA) is 63.4 Å². The van der Waals surface area contributed by atoms with E-state index in [2.05, 4.69) is 0 Å². The number of halogens is 1. The Balaban J connectivity index is 2.35. The summed E-state index contributed by atoms with van der Waals surface area (Å²) in [6.07, 6.45) is 3.22. The zero-order chi connectivity index (χ0) is 13.9.